The van der Waals surface area contributed by atoms with E-state index in [9.17, 15) is 4.79 Å². The maximum absolute atomic E-state index is 12.2. The van der Waals surface area contributed by atoms with Gasteiger partial charge in [-0.3, -0.25) is 9.69 Å². The smallest absolute Gasteiger partial charge is 0.164 e. The third-order valence-corrected chi connectivity index (χ3v) is 4.48. The number of benzene rings is 1. The lowest BCUT2D eigenvalue weighted by molar-refractivity contribution is 0.0949. The molecule has 110 valence electrons. The fraction of sp³-hybridized carbons (Fsp3) is 0.588. The number of hydrogen-bond donors (Lipinski definition) is 0. The normalized spacial score (nSPS) is 20.6. The van der Waals surface area contributed by atoms with Crippen LogP contribution in [0.15, 0.2) is 24.3 Å². The van der Waals surface area contributed by atoms with Crippen molar-refractivity contribution in [1.82, 2.24) is 4.90 Å². The molecule has 0 bridgehead atoms. The summed E-state index contributed by atoms with van der Waals surface area (Å²) in [5, 5.41) is 0.636. The van der Waals surface area contributed by atoms with Crippen LogP contribution in [0, 0.1) is 0 Å². The third kappa shape index (κ3) is 4.32. The fourth-order valence-corrected chi connectivity index (χ4v) is 3.24. The number of carbonyl (C=O) groups excluding carboxylic acids is 1. The van der Waals surface area contributed by atoms with E-state index in [2.05, 4.69) is 11.8 Å². The lowest BCUT2D eigenvalue weighted by Gasteiger charge is -2.28. The molecule has 1 aliphatic rings. The van der Waals surface area contributed by atoms with E-state index in [1.54, 1.807) is 12.1 Å². The van der Waals surface area contributed by atoms with Gasteiger partial charge in [-0.2, -0.15) is 0 Å². The Morgan fingerprint density at radius 2 is 2.20 bits per heavy atom. The van der Waals surface area contributed by atoms with Crippen LogP contribution < -0.4 is 0 Å². The number of hydrogen-bond acceptors (Lipinski definition) is 2. The highest BCUT2D eigenvalue weighted by molar-refractivity contribution is 6.31. The first-order chi connectivity index (χ1) is 9.70. The molecule has 1 aromatic carbocycles. The second-order valence-corrected chi connectivity index (χ2v) is 6.07. The Kier molecular flexibility index (Phi) is 6.06. The number of likely N-dealkylation sites (tertiary alicyclic amines) is 1. The molecule has 0 amide bonds. The minimum Gasteiger partial charge on any atom is -0.300 e. The standard InChI is InChI=1S/C17H24ClNO/c1-2-16-9-4-3-5-11-19(16)12-10-17(20)14-7-6-8-15(18)13-14/h6-8,13,16H,2-5,9-12H2,1H3. The first-order valence-corrected chi connectivity index (χ1v) is 8.11. The van der Waals surface area contributed by atoms with Crippen molar-refractivity contribution in [2.45, 2.75) is 51.5 Å². The summed E-state index contributed by atoms with van der Waals surface area (Å²) in [6, 6.07) is 7.93. The fourth-order valence-electron chi connectivity index (χ4n) is 3.04. The summed E-state index contributed by atoms with van der Waals surface area (Å²) in [6.07, 6.45) is 6.98. The molecule has 1 aromatic rings. The van der Waals surface area contributed by atoms with Gasteiger partial charge in [-0.1, -0.05) is 43.5 Å². The van der Waals surface area contributed by atoms with Gasteiger partial charge in [0.05, 0.1) is 0 Å². The van der Waals surface area contributed by atoms with E-state index in [0.717, 1.165) is 18.7 Å². The Balaban J connectivity index is 1.91. The Morgan fingerprint density at radius 1 is 1.35 bits per heavy atom. The van der Waals surface area contributed by atoms with Crippen LogP contribution in [0.4, 0.5) is 0 Å². The van der Waals surface area contributed by atoms with E-state index in [-0.39, 0.29) is 5.78 Å². The maximum Gasteiger partial charge on any atom is 0.164 e. The van der Waals surface area contributed by atoms with Crippen LogP contribution in [-0.4, -0.2) is 29.8 Å². The number of halogens is 1. The highest BCUT2D eigenvalue weighted by Gasteiger charge is 2.20. The summed E-state index contributed by atoms with van der Waals surface area (Å²) in [5.74, 6) is 0.201. The molecule has 3 heteroatoms. The van der Waals surface area contributed by atoms with Crippen molar-refractivity contribution < 1.29 is 4.79 Å². The summed E-state index contributed by atoms with van der Waals surface area (Å²) >= 11 is 5.94. The molecule has 2 rings (SSSR count). The van der Waals surface area contributed by atoms with E-state index in [1.807, 2.05) is 12.1 Å². The molecule has 0 radical (unpaired) electrons. The van der Waals surface area contributed by atoms with Crippen LogP contribution >= 0.6 is 11.6 Å². The second kappa shape index (κ2) is 7.80. The number of carbonyl (C=O) groups is 1. The highest BCUT2D eigenvalue weighted by atomic mass is 35.5. The Labute approximate surface area is 127 Å². The van der Waals surface area contributed by atoms with Crippen molar-refractivity contribution in [3.63, 3.8) is 0 Å². The van der Waals surface area contributed by atoms with Gasteiger partial charge in [0.25, 0.3) is 0 Å². The van der Waals surface area contributed by atoms with Gasteiger partial charge < -0.3 is 0 Å². The second-order valence-electron chi connectivity index (χ2n) is 5.63. The Bertz CT molecular complexity index is 446. The van der Waals surface area contributed by atoms with E-state index in [1.165, 1.54) is 32.1 Å². The summed E-state index contributed by atoms with van der Waals surface area (Å²) in [6.45, 7) is 4.27. The number of Topliss-reactive ketones (excluding diaryl/α,β-unsaturated/α-hetero) is 1. The number of ketones is 1. The van der Waals surface area contributed by atoms with Gasteiger partial charge in [-0.05, 0) is 37.9 Å². The lowest BCUT2D eigenvalue weighted by atomic mass is 10.1. The summed E-state index contributed by atoms with van der Waals surface area (Å²) in [4.78, 5) is 14.7. The molecule has 2 nitrogen and oxygen atoms in total. The molecule has 1 aliphatic heterocycles. The van der Waals surface area contributed by atoms with Crippen LogP contribution in [0.1, 0.15) is 55.8 Å². The van der Waals surface area contributed by atoms with Gasteiger partial charge in [0.15, 0.2) is 5.78 Å². The zero-order valence-corrected chi connectivity index (χ0v) is 13.0. The highest BCUT2D eigenvalue weighted by Crippen LogP contribution is 2.20. The van der Waals surface area contributed by atoms with Crippen LogP contribution in [0.25, 0.3) is 0 Å². The molecule has 0 saturated carbocycles. The first kappa shape index (κ1) is 15.5. The van der Waals surface area contributed by atoms with Crippen LogP contribution in [-0.2, 0) is 0 Å². The van der Waals surface area contributed by atoms with Crippen molar-refractivity contribution >= 4 is 17.4 Å². The van der Waals surface area contributed by atoms with Gasteiger partial charge >= 0.3 is 0 Å². The van der Waals surface area contributed by atoms with Crippen molar-refractivity contribution in [3.05, 3.63) is 34.9 Å². The Morgan fingerprint density at radius 3 is 2.95 bits per heavy atom. The van der Waals surface area contributed by atoms with Gasteiger partial charge in [0.2, 0.25) is 0 Å². The molecule has 1 unspecified atom stereocenters. The molecular weight excluding hydrogens is 270 g/mol. The van der Waals surface area contributed by atoms with E-state index >= 15 is 0 Å². The molecular formula is C17H24ClNO. The molecule has 1 fully saturated rings. The predicted molar refractivity (Wildman–Crippen MR) is 84.5 cm³/mol. The monoisotopic (exact) mass is 293 g/mol. The summed E-state index contributed by atoms with van der Waals surface area (Å²) in [5.41, 5.74) is 0.736. The first-order valence-electron chi connectivity index (χ1n) is 7.73. The van der Waals surface area contributed by atoms with Crippen LogP contribution in [0.3, 0.4) is 0 Å². The van der Waals surface area contributed by atoms with Gasteiger partial charge in [-0.15, -0.1) is 0 Å². The Hall–Kier alpha value is -0.860. The van der Waals surface area contributed by atoms with Crippen LogP contribution in [0.5, 0.6) is 0 Å². The third-order valence-electron chi connectivity index (χ3n) is 4.24. The largest absolute Gasteiger partial charge is 0.300 e. The molecule has 1 atom stereocenters. The molecule has 0 aromatic heterocycles. The SMILES string of the molecule is CCC1CCCCCN1CCC(=O)c1cccc(Cl)c1. The molecule has 0 spiro atoms. The number of rotatable bonds is 5. The van der Waals surface area contributed by atoms with Crippen molar-refractivity contribution in [2.24, 2.45) is 0 Å². The zero-order chi connectivity index (χ0) is 14.4. The quantitative estimate of drug-likeness (QED) is 0.741. The average Bonchev–Trinajstić information content (AvgIpc) is 2.69. The van der Waals surface area contributed by atoms with Crippen LogP contribution in [0.2, 0.25) is 5.02 Å². The summed E-state index contributed by atoms with van der Waals surface area (Å²) in [7, 11) is 0. The molecule has 0 aliphatic carbocycles. The topological polar surface area (TPSA) is 20.3 Å². The van der Waals surface area contributed by atoms with Crippen molar-refractivity contribution in [2.75, 3.05) is 13.1 Å². The predicted octanol–water partition coefficient (Wildman–Crippen LogP) is 4.57. The summed E-state index contributed by atoms with van der Waals surface area (Å²) < 4.78 is 0. The average molecular weight is 294 g/mol. The maximum atomic E-state index is 12.2. The molecule has 0 N–H and O–H groups in total. The van der Waals surface area contributed by atoms with Gasteiger partial charge in [0.1, 0.15) is 0 Å². The van der Waals surface area contributed by atoms with Crippen molar-refractivity contribution in [1.29, 1.82) is 0 Å². The molecule has 20 heavy (non-hydrogen) atoms. The van der Waals surface area contributed by atoms with E-state index in [4.69, 9.17) is 11.6 Å². The van der Waals surface area contributed by atoms with Gasteiger partial charge in [-0.25, -0.2) is 0 Å². The van der Waals surface area contributed by atoms with E-state index in [0.29, 0.717) is 17.5 Å². The molecule has 1 saturated heterocycles. The van der Waals surface area contributed by atoms with Gasteiger partial charge in [0, 0.05) is 29.6 Å². The minimum atomic E-state index is 0.201. The number of nitrogens with zero attached hydrogens (tertiary/aromatic N) is 1. The minimum absolute atomic E-state index is 0.201. The molecule has 1 heterocycles. The lowest BCUT2D eigenvalue weighted by Crippen LogP contribution is -2.36. The van der Waals surface area contributed by atoms with E-state index < -0.39 is 0 Å². The van der Waals surface area contributed by atoms with Crippen molar-refractivity contribution in [3.8, 4) is 0 Å². The zero-order valence-electron chi connectivity index (χ0n) is 12.3.